The van der Waals surface area contributed by atoms with Crippen molar-refractivity contribution < 1.29 is 13.6 Å². The highest BCUT2D eigenvalue weighted by molar-refractivity contribution is 5.35. The van der Waals surface area contributed by atoms with E-state index in [0.29, 0.717) is 5.56 Å². The summed E-state index contributed by atoms with van der Waals surface area (Å²) in [6.07, 6.45) is 1.36. The number of aliphatic imine (C=N–C) groups is 1. The molecule has 0 saturated carbocycles. The Hall–Kier alpha value is -1.54. The summed E-state index contributed by atoms with van der Waals surface area (Å²) in [5, 5.41) is 0. The quantitative estimate of drug-likeness (QED) is 0.511. The van der Waals surface area contributed by atoms with Crippen molar-refractivity contribution in [1.82, 2.24) is 0 Å². The number of halogens is 2. The molecule has 0 aliphatic heterocycles. The van der Waals surface area contributed by atoms with Gasteiger partial charge in [0.2, 0.25) is 6.08 Å². The largest absolute Gasteiger partial charge is 0.235 e. The summed E-state index contributed by atoms with van der Waals surface area (Å²) in [6.45, 7) is 1.59. The molecule has 4 heteroatoms. The first-order valence-electron chi connectivity index (χ1n) is 3.67. The molecule has 0 amide bonds. The SMILES string of the molecule is C[C@@H](N=C=O)c1ccc(F)c(F)c1. The Morgan fingerprint density at radius 3 is 2.62 bits per heavy atom. The van der Waals surface area contributed by atoms with Crippen molar-refractivity contribution in [3.05, 3.63) is 35.4 Å². The first-order chi connectivity index (χ1) is 6.15. The van der Waals surface area contributed by atoms with Crippen molar-refractivity contribution in [2.24, 2.45) is 4.99 Å². The second kappa shape index (κ2) is 3.92. The number of carbonyl (C=O) groups excluding carboxylic acids is 1. The fourth-order valence-corrected chi connectivity index (χ4v) is 0.926. The van der Waals surface area contributed by atoms with Crippen LogP contribution in [-0.2, 0) is 4.79 Å². The monoisotopic (exact) mass is 183 g/mol. The van der Waals surface area contributed by atoms with Gasteiger partial charge < -0.3 is 0 Å². The molecule has 0 unspecified atom stereocenters. The van der Waals surface area contributed by atoms with E-state index in [4.69, 9.17) is 0 Å². The van der Waals surface area contributed by atoms with Crippen molar-refractivity contribution in [1.29, 1.82) is 0 Å². The average molecular weight is 183 g/mol. The van der Waals surface area contributed by atoms with Crippen LogP contribution in [0, 0.1) is 11.6 Å². The van der Waals surface area contributed by atoms with Crippen molar-refractivity contribution >= 4 is 6.08 Å². The van der Waals surface area contributed by atoms with Gasteiger partial charge in [0.05, 0.1) is 6.04 Å². The number of hydrogen-bond acceptors (Lipinski definition) is 2. The van der Waals surface area contributed by atoms with E-state index in [1.165, 1.54) is 12.1 Å². The van der Waals surface area contributed by atoms with Crippen molar-refractivity contribution in [3.8, 4) is 0 Å². The normalized spacial score (nSPS) is 11.9. The maximum absolute atomic E-state index is 12.7. The van der Waals surface area contributed by atoms with Crippen LogP contribution in [0.15, 0.2) is 23.2 Å². The Morgan fingerprint density at radius 1 is 1.38 bits per heavy atom. The van der Waals surface area contributed by atoms with E-state index in [-0.39, 0.29) is 0 Å². The Bertz CT molecular complexity index is 359. The molecule has 1 aromatic rings. The zero-order valence-corrected chi connectivity index (χ0v) is 6.92. The summed E-state index contributed by atoms with van der Waals surface area (Å²) in [6, 6.07) is 2.90. The van der Waals surface area contributed by atoms with Crippen LogP contribution in [0.4, 0.5) is 8.78 Å². The molecule has 13 heavy (non-hydrogen) atoms. The van der Waals surface area contributed by atoms with Crippen LogP contribution in [0.1, 0.15) is 18.5 Å². The van der Waals surface area contributed by atoms with Crippen LogP contribution in [0.5, 0.6) is 0 Å². The topological polar surface area (TPSA) is 29.4 Å². The molecule has 1 atom stereocenters. The van der Waals surface area contributed by atoms with Crippen LogP contribution < -0.4 is 0 Å². The Morgan fingerprint density at radius 2 is 2.08 bits per heavy atom. The summed E-state index contributed by atoms with van der Waals surface area (Å²) in [7, 11) is 0. The van der Waals surface area contributed by atoms with Gasteiger partial charge in [0.15, 0.2) is 11.6 Å². The lowest BCUT2D eigenvalue weighted by Crippen LogP contribution is -1.92. The highest BCUT2D eigenvalue weighted by atomic mass is 19.2. The minimum atomic E-state index is -0.939. The zero-order chi connectivity index (χ0) is 9.84. The molecule has 0 fully saturated rings. The van der Waals surface area contributed by atoms with E-state index in [1.807, 2.05) is 0 Å². The number of nitrogens with zero attached hydrogens (tertiary/aromatic N) is 1. The van der Waals surface area contributed by atoms with Gasteiger partial charge in [0, 0.05) is 0 Å². The molecular formula is C9H7F2NO. The minimum Gasteiger partial charge on any atom is -0.211 e. The smallest absolute Gasteiger partial charge is 0.211 e. The Balaban J connectivity index is 3.03. The maximum atomic E-state index is 12.7. The average Bonchev–Trinajstić information content (AvgIpc) is 2.10. The van der Waals surface area contributed by atoms with Crippen molar-refractivity contribution in [2.75, 3.05) is 0 Å². The molecule has 0 aliphatic rings. The van der Waals surface area contributed by atoms with E-state index in [9.17, 15) is 13.6 Å². The molecule has 1 aromatic carbocycles. The predicted molar refractivity (Wildman–Crippen MR) is 42.9 cm³/mol. The minimum absolute atomic E-state index is 0.447. The highest BCUT2D eigenvalue weighted by Crippen LogP contribution is 2.18. The van der Waals surface area contributed by atoms with Gasteiger partial charge in [-0.1, -0.05) is 6.07 Å². The van der Waals surface area contributed by atoms with Crippen molar-refractivity contribution in [3.63, 3.8) is 0 Å². The van der Waals surface area contributed by atoms with Crippen LogP contribution in [0.25, 0.3) is 0 Å². The lowest BCUT2D eigenvalue weighted by Gasteiger charge is -2.03. The highest BCUT2D eigenvalue weighted by Gasteiger charge is 2.07. The van der Waals surface area contributed by atoms with Gasteiger partial charge in [-0.15, -0.1) is 0 Å². The van der Waals surface area contributed by atoms with Crippen LogP contribution in [-0.4, -0.2) is 6.08 Å². The van der Waals surface area contributed by atoms with Gasteiger partial charge in [-0.05, 0) is 24.6 Å². The third-order valence-electron chi connectivity index (χ3n) is 1.67. The zero-order valence-electron chi connectivity index (χ0n) is 6.92. The standard InChI is InChI=1S/C9H7F2NO/c1-6(12-5-13)7-2-3-8(10)9(11)4-7/h2-4,6H,1H3/t6-/m1/s1. The molecule has 0 heterocycles. The van der Waals surface area contributed by atoms with Crippen LogP contribution in [0.2, 0.25) is 0 Å². The predicted octanol–water partition coefficient (Wildman–Crippen LogP) is 2.36. The van der Waals surface area contributed by atoms with Gasteiger partial charge in [-0.25, -0.2) is 13.6 Å². The third kappa shape index (κ3) is 2.20. The van der Waals surface area contributed by atoms with Crippen molar-refractivity contribution in [2.45, 2.75) is 13.0 Å². The van der Waals surface area contributed by atoms with Crippen LogP contribution >= 0.6 is 0 Å². The van der Waals surface area contributed by atoms with E-state index in [0.717, 1.165) is 12.1 Å². The molecule has 0 aromatic heterocycles. The number of rotatable bonds is 2. The maximum Gasteiger partial charge on any atom is 0.235 e. The first kappa shape index (κ1) is 9.55. The summed E-state index contributed by atoms with van der Waals surface area (Å²) in [5.74, 6) is -1.85. The van der Waals surface area contributed by atoms with Gasteiger partial charge >= 0.3 is 0 Å². The lowest BCUT2D eigenvalue weighted by molar-refractivity contribution is 0.505. The molecule has 0 spiro atoms. The van der Waals surface area contributed by atoms with E-state index >= 15 is 0 Å². The molecule has 2 nitrogen and oxygen atoms in total. The van der Waals surface area contributed by atoms with Gasteiger partial charge in [-0.2, -0.15) is 4.99 Å². The lowest BCUT2D eigenvalue weighted by atomic mass is 10.1. The first-order valence-corrected chi connectivity index (χ1v) is 3.67. The summed E-state index contributed by atoms with van der Waals surface area (Å²) >= 11 is 0. The number of isocyanates is 1. The van der Waals surface area contributed by atoms with E-state index in [1.54, 1.807) is 6.92 Å². The Kier molecular flexibility index (Phi) is 2.88. The molecule has 0 aliphatic carbocycles. The second-order valence-corrected chi connectivity index (χ2v) is 2.57. The molecule has 1 rings (SSSR count). The summed E-state index contributed by atoms with van der Waals surface area (Å²) in [5.41, 5.74) is 0.447. The molecule has 0 saturated heterocycles. The molecule has 0 radical (unpaired) electrons. The fourth-order valence-electron chi connectivity index (χ4n) is 0.926. The molecule has 0 bridgehead atoms. The van der Waals surface area contributed by atoms with E-state index < -0.39 is 17.7 Å². The molecule has 68 valence electrons. The van der Waals surface area contributed by atoms with Gasteiger partial charge in [0.1, 0.15) is 0 Å². The van der Waals surface area contributed by atoms with Gasteiger partial charge in [-0.3, -0.25) is 0 Å². The fraction of sp³-hybridized carbons (Fsp3) is 0.222. The molecular weight excluding hydrogens is 176 g/mol. The molecule has 0 N–H and O–H groups in total. The summed E-state index contributed by atoms with van der Waals surface area (Å²) < 4.78 is 25.1. The van der Waals surface area contributed by atoms with Crippen LogP contribution in [0.3, 0.4) is 0 Å². The number of benzene rings is 1. The number of hydrogen-bond donors (Lipinski definition) is 0. The Labute approximate surface area is 73.9 Å². The van der Waals surface area contributed by atoms with E-state index in [2.05, 4.69) is 4.99 Å². The summed E-state index contributed by atoms with van der Waals surface area (Å²) in [4.78, 5) is 13.3. The second-order valence-electron chi connectivity index (χ2n) is 2.57. The third-order valence-corrected chi connectivity index (χ3v) is 1.67. The van der Waals surface area contributed by atoms with Gasteiger partial charge in [0.25, 0.3) is 0 Å².